The second-order valence-electron chi connectivity index (χ2n) is 3.79. The lowest BCUT2D eigenvalue weighted by atomic mass is 10.3. The number of aromatic carboxylic acids is 1. The molecule has 2 aromatic heterocycles. The van der Waals surface area contributed by atoms with Crippen molar-refractivity contribution in [3.05, 3.63) is 29.6 Å². The van der Waals surface area contributed by atoms with Crippen molar-refractivity contribution in [2.75, 3.05) is 0 Å². The van der Waals surface area contributed by atoms with Crippen molar-refractivity contribution in [3.8, 4) is 0 Å². The molecule has 0 saturated carbocycles. The molecule has 18 heavy (non-hydrogen) atoms. The van der Waals surface area contributed by atoms with Gasteiger partial charge in [0.15, 0.2) is 5.69 Å². The molecule has 8 nitrogen and oxygen atoms in total. The Hall–Kier alpha value is -2.22. The third-order valence-electron chi connectivity index (χ3n) is 2.71. The molecule has 0 spiro atoms. The summed E-state index contributed by atoms with van der Waals surface area (Å²) in [6.07, 6.45) is 3.57. The van der Waals surface area contributed by atoms with Crippen LogP contribution in [0.4, 0.5) is 0 Å². The second kappa shape index (κ2) is 4.96. The number of carbonyl (C=O) groups is 1. The molecule has 2 aromatic rings. The third-order valence-corrected chi connectivity index (χ3v) is 2.71. The number of carboxylic acid groups (broad SMARTS) is 1. The Kier molecular flexibility index (Phi) is 3.38. The number of nitrogens with two attached hydrogens (primary N) is 1. The van der Waals surface area contributed by atoms with Crippen molar-refractivity contribution >= 4 is 5.97 Å². The van der Waals surface area contributed by atoms with Gasteiger partial charge in [-0.3, -0.25) is 0 Å². The van der Waals surface area contributed by atoms with Crippen molar-refractivity contribution in [1.29, 1.82) is 0 Å². The number of rotatable bonds is 5. The van der Waals surface area contributed by atoms with Crippen LogP contribution in [-0.2, 0) is 19.6 Å². The van der Waals surface area contributed by atoms with Crippen LogP contribution in [0.1, 0.15) is 22.0 Å². The highest BCUT2D eigenvalue weighted by Crippen LogP contribution is 2.05. The number of aromatic nitrogens is 5. The molecule has 2 heterocycles. The lowest BCUT2D eigenvalue weighted by molar-refractivity contribution is 0.0689. The molecule has 0 radical (unpaired) electrons. The van der Waals surface area contributed by atoms with Gasteiger partial charge in [0.25, 0.3) is 0 Å². The molecule has 0 saturated heterocycles. The minimum Gasteiger partial charge on any atom is -0.476 e. The van der Waals surface area contributed by atoms with Crippen LogP contribution in [0.15, 0.2) is 12.4 Å². The standard InChI is InChI=1S/C10H14N6O2/c1-7-12-2-3-15(7)4-5-16-8(6-11)9(10(17)18)13-14-16/h2-3H,4-6,11H2,1H3,(H,17,18). The number of aryl methyl sites for hydroxylation is 3. The number of nitrogens with zero attached hydrogens (tertiary/aromatic N) is 5. The quantitative estimate of drug-likeness (QED) is 0.749. The van der Waals surface area contributed by atoms with Crippen LogP contribution in [0.3, 0.4) is 0 Å². The van der Waals surface area contributed by atoms with Gasteiger partial charge in [0.05, 0.1) is 12.2 Å². The van der Waals surface area contributed by atoms with E-state index >= 15 is 0 Å². The summed E-state index contributed by atoms with van der Waals surface area (Å²) in [6, 6.07) is 0. The number of imidazole rings is 1. The van der Waals surface area contributed by atoms with Gasteiger partial charge in [0.2, 0.25) is 0 Å². The number of hydrogen-bond donors (Lipinski definition) is 2. The molecule has 3 N–H and O–H groups in total. The van der Waals surface area contributed by atoms with Gasteiger partial charge in [-0.2, -0.15) is 0 Å². The molecule has 0 atom stereocenters. The first-order chi connectivity index (χ1) is 8.63. The van der Waals surface area contributed by atoms with Gasteiger partial charge in [-0.15, -0.1) is 5.10 Å². The van der Waals surface area contributed by atoms with Crippen LogP contribution < -0.4 is 5.73 Å². The fraction of sp³-hybridized carbons (Fsp3) is 0.400. The molecule has 0 aliphatic rings. The molecule has 0 unspecified atom stereocenters. The summed E-state index contributed by atoms with van der Waals surface area (Å²) in [5, 5.41) is 16.3. The molecule has 0 amide bonds. The molecule has 0 bridgehead atoms. The van der Waals surface area contributed by atoms with E-state index in [-0.39, 0.29) is 12.2 Å². The molecule has 0 aliphatic carbocycles. The van der Waals surface area contributed by atoms with Crippen molar-refractivity contribution in [3.63, 3.8) is 0 Å². The van der Waals surface area contributed by atoms with E-state index in [9.17, 15) is 4.79 Å². The van der Waals surface area contributed by atoms with Gasteiger partial charge in [-0.25, -0.2) is 14.5 Å². The number of carboxylic acids is 1. The van der Waals surface area contributed by atoms with E-state index in [1.165, 1.54) is 4.68 Å². The molecule has 0 aliphatic heterocycles. The van der Waals surface area contributed by atoms with Gasteiger partial charge < -0.3 is 15.4 Å². The first-order valence-corrected chi connectivity index (χ1v) is 5.47. The lowest BCUT2D eigenvalue weighted by Crippen LogP contribution is -2.15. The molecular weight excluding hydrogens is 236 g/mol. The summed E-state index contributed by atoms with van der Waals surface area (Å²) in [5.41, 5.74) is 5.88. The van der Waals surface area contributed by atoms with Gasteiger partial charge in [-0.1, -0.05) is 5.21 Å². The molecule has 2 rings (SSSR count). The maximum absolute atomic E-state index is 10.9. The first kappa shape index (κ1) is 12.2. The van der Waals surface area contributed by atoms with E-state index in [0.717, 1.165) is 5.82 Å². The molecular formula is C10H14N6O2. The van der Waals surface area contributed by atoms with Gasteiger partial charge >= 0.3 is 5.97 Å². The van der Waals surface area contributed by atoms with Crippen molar-refractivity contribution in [2.24, 2.45) is 5.73 Å². The number of hydrogen-bond acceptors (Lipinski definition) is 5. The summed E-state index contributed by atoms with van der Waals surface area (Å²) in [6.45, 7) is 3.14. The summed E-state index contributed by atoms with van der Waals surface area (Å²) in [4.78, 5) is 15.0. The Labute approximate surface area is 103 Å². The second-order valence-corrected chi connectivity index (χ2v) is 3.79. The Balaban J connectivity index is 2.15. The SMILES string of the molecule is Cc1nccn1CCn1nnc(C(=O)O)c1CN. The Morgan fingerprint density at radius 1 is 1.50 bits per heavy atom. The topological polar surface area (TPSA) is 112 Å². The Morgan fingerprint density at radius 2 is 2.28 bits per heavy atom. The predicted molar refractivity (Wildman–Crippen MR) is 61.8 cm³/mol. The first-order valence-electron chi connectivity index (χ1n) is 5.47. The van der Waals surface area contributed by atoms with E-state index < -0.39 is 5.97 Å². The minimum absolute atomic E-state index is 0.0835. The van der Waals surface area contributed by atoms with Crippen molar-refractivity contribution in [1.82, 2.24) is 24.5 Å². The maximum atomic E-state index is 10.9. The van der Waals surface area contributed by atoms with Crippen LogP contribution in [0.5, 0.6) is 0 Å². The molecule has 0 aromatic carbocycles. The van der Waals surface area contributed by atoms with E-state index in [0.29, 0.717) is 18.8 Å². The monoisotopic (exact) mass is 250 g/mol. The van der Waals surface area contributed by atoms with Gasteiger partial charge in [0.1, 0.15) is 5.82 Å². The summed E-state index contributed by atoms with van der Waals surface area (Å²) in [7, 11) is 0. The molecule has 8 heteroatoms. The van der Waals surface area contributed by atoms with Crippen LogP contribution >= 0.6 is 0 Å². The highest BCUT2D eigenvalue weighted by Gasteiger charge is 2.17. The van der Waals surface area contributed by atoms with Gasteiger partial charge in [-0.05, 0) is 6.92 Å². The zero-order chi connectivity index (χ0) is 13.1. The third kappa shape index (κ3) is 2.23. The predicted octanol–water partition coefficient (Wildman–Crippen LogP) is -0.360. The smallest absolute Gasteiger partial charge is 0.358 e. The van der Waals surface area contributed by atoms with E-state index in [1.54, 1.807) is 6.20 Å². The normalized spacial score (nSPS) is 10.8. The molecule has 96 valence electrons. The van der Waals surface area contributed by atoms with Crippen LogP contribution in [0.2, 0.25) is 0 Å². The van der Waals surface area contributed by atoms with E-state index in [1.807, 2.05) is 17.7 Å². The average molecular weight is 250 g/mol. The Morgan fingerprint density at radius 3 is 2.83 bits per heavy atom. The van der Waals surface area contributed by atoms with E-state index in [4.69, 9.17) is 10.8 Å². The van der Waals surface area contributed by atoms with E-state index in [2.05, 4.69) is 15.3 Å². The fourth-order valence-corrected chi connectivity index (χ4v) is 1.72. The largest absolute Gasteiger partial charge is 0.476 e. The van der Waals surface area contributed by atoms with Crippen LogP contribution in [-0.4, -0.2) is 35.6 Å². The zero-order valence-corrected chi connectivity index (χ0v) is 9.94. The average Bonchev–Trinajstić information content (AvgIpc) is 2.92. The van der Waals surface area contributed by atoms with Crippen molar-refractivity contribution < 1.29 is 9.90 Å². The van der Waals surface area contributed by atoms with Crippen LogP contribution in [0.25, 0.3) is 0 Å². The summed E-state index contributed by atoms with van der Waals surface area (Å²) < 4.78 is 3.46. The zero-order valence-electron chi connectivity index (χ0n) is 9.94. The highest BCUT2D eigenvalue weighted by atomic mass is 16.4. The maximum Gasteiger partial charge on any atom is 0.358 e. The minimum atomic E-state index is -1.11. The van der Waals surface area contributed by atoms with Crippen LogP contribution in [0, 0.1) is 6.92 Å². The highest BCUT2D eigenvalue weighted by molar-refractivity contribution is 5.86. The van der Waals surface area contributed by atoms with Gasteiger partial charge in [0, 0.05) is 25.5 Å². The summed E-state index contributed by atoms with van der Waals surface area (Å²) in [5.74, 6) is -0.219. The molecule has 0 fully saturated rings. The lowest BCUT2D eigenvalue weighted by Gasteiger charge is -2.07. The Bertz CT molecular complexity index is 558. The van der Waals surface area contributed by atoms with Crippen molar-refractivity contribution in [2.45, 2.75) is 26.6 Å². The fourth-order valence-electron chi connectivity index (χ4n) is 1.72. The summed E-state index contributed by atoms with van der Waals surface area (Å²) >= 11 is 0.